The monoisotopic (exact) mass is 285 g/mol. The lowest BCUT2D eigenvalue weighted by molar-refractivity contribution is 0.121. The van der Waals surface area contributed by atoms with Gasteiger partial charge in [0, 0.05) is 22.5 Å². The molecule has 0 spiro atoms. The molecular weight excluding hydrogens is 269 g/mol. The van der Waals surface area contributed by atoms with E-state index in [0.717, 1.165) is 18.8 Å². The van der Waals surface area contributed by atoms with E-state index in [1.165, 1.54) is 19.3 Å². The van der Waals surface area contributed by atoms with Gasteiger partial charge in [-0.2, -0.15) is 0 Å². The summed E-state index contributed by atoms with van der Waals surface area (Å²) >= 11 is 12.0. The van der Waals surface area contributed by atoms with E-state index in [9.17, 15) is 0 Å². The third kappa shape index (κ3) is 2.93. The van der Waals surface area contributed by atoms with Gasteiger partial charge in [0.25, 0.3) is 0 Å². The summed E-state index contributed by atoms with van der Waals surface area (Å²) in [6, 6.07) is 5.44. The summed E-state index contributed by atoms with van der Waals surface area (Å²) < 4.78 is 6.18. The number of hydrogen-bond acceptors (Lipinski definition) is 2. The van der Waals surface area contributed by atoms with Crippen molar-refractivity contribution in [3.05, 3.63) is 28.2 Å². The summed E-state index contributed by atoms with van der Waals surface area (Å²) in [4.78, 5) is 0. The fourth-order valence-corrected chi connectivity index (χ4v) is 3.22. The van der Waals surface area contributed by atoms with Gasteiger partial charge in [-0.3, -0.25) is 0 Å². The lowest BCUT2D eigenvalue weighted by Crippen LogP contribution is -2.30. The maximum absolute atomic E-state index is 6.18. The van der Waals surface area contributed by atoms with Crippen LogP contribution in [0.5, 0.6) is 5.75 Å². The van der Waals surface area contributed by atoms with Crippen LogP contribution in [0.3, 0.4) is 0 Å². The Bertz CT molecular complexity index is 408. The first-order valence-corrected chi connectivity index (χ1v) is 7.31. The van der Waals surface area contributed by atoms with Gasteiger partial charge in [-0.25, -0.2) is 0 Å². The van der Waals surface area contributed by atoms with E-state index < -0.39 is 0 Å². The molecule has 0 bridgehead atoms. The summed E-state index contributed by atoms with van der Waals surface area (Å²) in [5.41, 5.74) is 0. The van der Waals surface area contributed by atoms with Crippen molar-refractivity contribution in [1.29, 1.82) is 0 Å². The average molecular weight is 286 g/mol. The van der Waals surface area contributed by atoms with Crippen LogP contribution in [0.1, 0.15) is 19.3 Å². The zero-order chi connectivity index (χ0) is 12.5. The predicted octanol–water partition coefficient (Wildman–Crippen LogP) is 3.76. The molecule has 1 unspecified atom stereocenters. The van der Waals surface area contributed by atoms with Crippen molar-refractivity contribution in [2.24, 2.45) is 11.8 Å². The Balaban J connectivity index is 1.75. The fraction of sp³-hybridized carbons (Fsp3) is 0.571. The molecule has 1 saturated carbocycles. The highest BCUT2D eigenvalue weighted by molar-refractivity contribution is 6.34. The van der Waals surface area contributed by atoms with E-state index in [4.69, 9.17) is 27.9 Å². The summed E-state index contributed by atoms with van der Waals surface area (Å²) in [7, 11) is 0. The second-order valence-electron chi connectivity index (χ2n) is 5.28. The highest BCUT2D eigenvalue weighted by Crippen LogP contribution is 2.40. The van der Waals surface area contributed by atoms with Gasteiger partial charge in [0.1, 0.15) is 11.9 Å². The van der Waals surface area contributed by atoms with Crippen molar-refractivity contribution >= 4 is 23.2 Å². The number of halogens is 2. The molecule has 2 atom stereocenters. The SMILES string of the molecule is Clc1cc(Cl)cc(OC(C2CC2)[C@H]2CCNC2)c1. The number of ether oxygens (including phenoxy) is 1. The third-order valence-electron chi connectivity index (χ3n) is 3.76. The van der Waals surface area contributed by atoms with Gasteiger partial charge in [0.15, 0.2) is 0 Å². The molecule has 2 nitrogen and oxygen atoms in total. The fourth-order valence-electron chi connectivity index (χ4n) is 2.71. The van der Waals surface area contributed by atoms with Crippen LogP contribution < -0.4 is 10.1 Å². The van der Waals surface area contributed by atoms with Gasteiger partial charge < -0.3 is 10.1 Å². The average Bonchev–Trinajstić information content (AvgIpc) is 3.00. The Morgan fingerprint density at radius 1 is 1.06 bits per heavy atom. The van der Waals surface area contributed by atoms with Gasteiger partial charge in [-0.15, -0.1) is 0 Å². The van der Waals surface area contributed by atoms with E-state index in [1.807, 2.05) is 12.1 Å². The van der Waals surface area contributed by atoms with Crippen LogP contribution in [0.25, 0.3) is 0 Å². The topological polar surface area (TPSA) is 21.3 Å². The van der Waals surface area contributed by atoms with Crippen LogP contribution in [-0.2, 0) is 0 Å². The lowest BCUT2D eigenvalue weighted by Gasteiger charge is -2.24. The molecule has 98 valence electrons. The van der Waals surface area contributed by atoms with Crippen LogP contribution in [0, 0.1) is 11.8 Å². The molecule has 2 aliphatic rings. The minimum absolute atomic E-state index is 0.314. The Morgan fingerprint density at radius 2 is 1.78 bits per heavy atom. The first-order valence-electron chi connectivity index (χ1n) is 6.56. The Kier molecular flexibility index (Phi) is 3.69. The minimum atomic E-state index is 0.314. The first-order chi connectivity index (χ1) is 8.72. The molecule has 1 aromatic rings. The molecule has 0 radical (unpaired) electrons. The van der Waals surface area contributed by atoms with Crippen LogP contribution in [0.4, 0.5) is 0 Å². The van der Waals surface area contributed by atoms with Gasteiger partial charge in [-0.05, 0) is 49.9 Å². The number of benzene rings is 1. The van der Waals surface area contributed by atoms with Crippen molar-refractivity contribution < 1.29 is 4.74 Å². The predicted molar refractivity (Wildman–Crippen MR) is 74.6 cm³/mol. The van der Waals surface area contributed by atoms with E-state index >= 15 is 0 Å². The second kappa shape index (κ2) is 5.28. The summed E-state index contributed by atoms with van der Waals surface area (Å²) in [6.45, 7) is 2.17. The smallest absolute Gasteiger partial charge is 0.122 e. The molecule has 3 rings (SSSR count). The Hall–Kier alpha value is -0.440. The quantitative estimate of drug-likeness (QED) is 0.910. The van der Waals surface area contributed by atoms with Crippen molar-refractivity contribution in [3.8, 4) is 5.75 Å². The normalized spacial score (nSPS) is 25.1. The minimum Gasteiger partial charge on any atom is -0.490 e. The molecule has 1 saturated heterocycles. The standard InChI is InChI=1S/C14H17Cl2NO/c15-11-5-12(16)7-13(6-11)18-14(9-1-2-9)10-3-4-17-8-10/h5-7,9-10,14,17H,1-4,8H2/t10-,14?/m0/s1. The molecule has 1 N–H and O–H groups in total. The van der Waals surface area contributed by atoms with Gasteiger partial charge in [-0.1, -0.05) is 23.2 Å². The van der Waals surface area contributed by atoms with Gasteiger partial charge >= 0.3 is 0 Å². The molecule has 18 heavy (non-hydrogen) atoms. The highest BCUT2D eigenvalue weighted by Gasteiger charge is 2.39. The summed E-state index contributed by atoms with van der Waals surface area (Å²) in [5.74, 6) is 2.14. The van der Waals surface area contributed by atoms with Crippen molar-refractivity contribution in [1.82, 2.24) is 5.32 Å². The zero-order valence-electron chi connectivity index (χ0n) is 10.2. The van der Waals surface area contributed by atoms with Crippen molar-refractivity contribution in [3.63, 3.8) is 0 Å². The molecule has 4 heteroatoms. The molecule has 0 aromatic heterocycles. The summed E-state index contributed by atoms with van der Waals surface area (Å²) in [6.07, 6.45) is 4.09. The van der Waals surface area contributed by atoms with Crippen LogP contribution in [0.15, 0.2) is 18.2 Å². The molecule has 1 aromatic carbocycles. The molecule has 1 aliphatic carbocycles. The van der Waals surface area contributed by atoms with Gasteiger partial charge in [0.2, 0.25) is 0 Å². The Morgan fingerprint density at radius 3 is 2.33 bits per heavy atom. The largest absolute Gasteiger partial charge is 0.490 e. The molecule has 2 fully saturated rings. The molecule has 1 aliphatic heterocycles. The third-order valence-corrected chi connectivity index (χ3v) is 4.19. The van der Waals surface area contributed by atoms with E-state index in [0.29, 0.717) is 28.0 Å². The van der Waals surface area contributed by atoms with Gasteiger partial charge in [0.05, 0.1) is 0 Å². The maximum atomic E-state index is 6.18. The zero-order valence-corrected chi connectivity index (χ0v) is 11.7. The number of hydrogen-bond donors (Lipinski definition) is 1. The highest BCUT2D eigenvalue weighted by atomic mass is 35.5. The van der Waals surface area contributed by atoms with Crippen LogP contribution >= 0.6 is 23.2 Å². The second-order valence-corrected chi connectivity index (χ2v) is 6.15. The first kappa shape index (κ1) is 12.6. The number of nitrogens with one attached hydrogen (secondary N) is 1. The number of rotatable bonds is 4. The molecule has 0 amide bonds. The Labute approximate surface area is 118 Å². The maximum Gasteiger partial charge on any atom is 0.122 e. The van der Waals surface area contributed by atoms with Crippen molar-refractivity contribution in [2.45, 2.75) is 25.4 Å². The molecular formula is C14H17Cl2NO. The summed E-state index contributed by atoms with van der Waals surface area (Å²) in [5, 5.41) is 4.68. The van der Waals surface area contributed by atoms with Crippen LogP contribution in [0.2, 0.25) is 10.0 Å². The van der Waals surface area contributed by atoms with Crippen LogP contribution in [-0.4, -0.2) is 19.2 Å². The molecule has 1 heterocycles. The van der Waals surface area contributed by atoms with E-state index in [-0.39, 0.29) is 0 Å². The van der Waals surface area contributed by atoms with E-state index in [1.54, 1.807) is 6.07 Å². The van der Waals surface area contributed by atoms with Crippen molar-refractivity contribution in [2.75, 3.05) is 13.1 Å². The lowest BCUT2D eigenvalue weighted by atomic mass is 9.97. The van der Waals surface area contributed by atoms with E-state index in [2.05, 4.69) is 5.32 Å².